The summed E-state index contributed by atoms with van der Waals surface area (Å²) >= 11 is 13.6. The number of nitrogens with one attached hydrogen (secondary N) is 5. The van der Waals surface area contributed by atoms with Gasteiger partial charge in [-0.25, -0.2) is 14.4 Å². The van der Waals surface area contributed by atoms with Crippen LogP contribution in [-0.2, 0) is 65.9 Å². The average molecular weight is 2100 g/mol. The van der Waals surface area contributed by atoms with Crippen LogP contribution in [0.2, 0.25) is 34.1 Å². The quantitative estimate of drug-likeness (QED) is 0.00717. The summed E-state index contributed by atoms with van der Waals surface area (Å²) in [5.41, 5.74) is 38.7. The second-order valence-electron chi connectivity index (χ2n) is 29.7. The number of aryl methyl sites for hydroxylation is 14. The fourth-order valence-corrected chi connectivity index (χ4v) is 13.1. The Balaban J connectivity index is 0. The molecule has 7 aromatic rings. The number of ether oxygens (including phenoxy) is 4. The number of nitrogens with two attached hydrogens (primary N) is 4. The number of methoxy groups -OCH3 is 4. The van der Waals surface area contributed by atoms with Crippen molar-refractivity contribution >= 4 is 175 Å². The summed E-state index contributed by atoms with van der Waals surface area (Å²) in [6.07, 6.45) is 3.18. The van der Waals surface area contributed by atoms with E-state index in [4.69, 9.17) is 62.3 Å². The second-order valence-corrected chi connectivity index (χ2v) is 34.4. The molecule has 0 saturated carbocycles. The van der Waals surface area contributed by atoms with E-state index < -0.39 is 124 Å². The molecule has 0 spiro atoms. The van der Waals surface area contributed by atoms with E-state index in [1.54, 1.807) is 105 Å². The molecule has 22 N–H and O–H groups in total. The minimum absolute atomic E-state index is 0.0532. The molecule has 45 heteroatoms. The van der Waals surface area contributed by atoms with Crippen molar-refractivity contribution < 1.29 is 125 Å². The standard InChI is InChI=1S/C14H21BN2O4.C14H19BN2O4.C13H19BN2O4.C9H10BrNO.C9H11BrO3S.C9H9BrO2.C8H9BrO.C5H12BNO4.C5H10BNO3/c2*1-8-5-10(13(16)18)6-9(2)11(8)7-12(14(19)21-4)17-15(3)20;1-7-4-9(12(15)17)5-8(2)10(7)6-11(13(18)19)16-14(3)20;1-5-3-7(9(11)12)4-6(2)8(5)10;1-6-4-8(13-14(3,11)12)5-7(2)9(6)10;1-5-3-7(9(11)12)4-6(2)8(5)10;1-5-3-7(10)4-6(2)8(5)9;1-6(10)7-4(3-8)5(9)11-2;1-4(5(8)10-3)7-6(2)9/h5-6,12,17,20H,7H2,1-4H3,(H2,16,18);5-7,17,20H,1-4H3,(H2,16,18);4-5,11,16,20H,6H2,1-3H3,(H2,15,17)(H,18,19);3-4H,1-2H3,(H2,11,12);4-5H,1-3H3;3-4H,1-2H3,(H,11,12);3-4,10H,1-2H3;4,7-8,10H,3H2,1-2H3;7,9H,1H2,2-3H3/b;12-7-;;;;;;;/t12-;;11-;;;;;;/m0.0....../s1. The number of aliphatic carboxylic acids is 1. The third-order valence-corrected chi connectivity index (χ3v) is 23.3. The number of phenols is 1. The molecule has 0 aliphatic rings. The molecule has 0 fully saturated rings. The first kappa shape index (κ1) is 123. The van der Waals surface area contributed by atoms with Crippen LogP contribution >= 0.6 is 63.7 Å². The zero-order chi connectivity index (χ0) is 102. The molecule has 7 rings (SSSR count). The SMILES string of the molecule is C=C(NB(C)O)C(=O)OC.CB(O)N[C@@H](Cc1c(C)cc(C(N)=O)cc1C)C(=O)O.COC(=O)/C(=C/c1c(C)cc(C(N)=O)cc1C)NB(C)O.COC(=O)C(CO)NB(C)O.COC(=O)[C@H](Cc1c(C)cc(C(N)=O)cc1C)NB(C)O.Cc1cc(C(=O)O)cc(C)c1Br.Cc1cc(C(N)=O)cc(C)c1Br.Cc1cc(O)cc(C)c1Br.Cc1cc(OS(C)(=O)=O)cc(C)c1Br. The van der Waals surface area contributed by atoms with E-state index in [0.717, 1.165) is 119 Å². The highest BCUT2D eigenvalue weighted by atomic mass is 79.9. The number of carbonyl (C=O) groups is 10. The third-order valence-electron chi connectivity index (χ3n) is 17.8. The van der Waals surface area contributed by atoms with E-state index in [1.165, 1.54) is 62.6 Å². The maximum absolute atomic E-state index is 11.8. The van der Waals surface area contributed by atoms with E-state index in [-0.39, 0.29) is 23.7 Å². The zero-order valence-electron chi connectivity index (χ0n) is 77.8. The highest BCUT2D eigenvalue weighted by molar-refractivity contribution is 9.11. The lowest BCUT2D eigenvalue weighted by atomic mass is 9.85. The number of primary amides is 4. The topological polar surface area (TPSA) is 597 Å². The van der Waals surface area contributed by atoms with Gasteiger partial charge in [0, 0.05) is 40.1 Å². The molecular weight excluding hydrogens is 1980 g/mol. The van der Waals surface area contributed by atoms with Crippen LogP contribution < -0.4 is 53.3 Å². The van der Waals surface area contributed by atoms with Gasteiger partial charge in [0.2, 0.25) is 23.6 Å². The van der Waals surface area contributed by atoms with Crippen molar-refractivity contribution in [1.29, 1.82) is 0 Å². The number of phenolic OH excluding ortho intramolecular Hbond substituents is 1. The van der Waals surface area contributed by atoms with E-state index >= 15 is 0 Å². The molecule has 0 aliphatic carbocycles. The number of amides is 4. The number of aliphatic hydroxyl groups excluding tert-OH is 1. The molecule has 0 aromatic heterocycles. The average Bonchev–Trinajstić information content (AvgIpc) is 0.821. The predicted octanol–water partition coefficient (Wildman–Crippen LogP) is 8.60. The lowest BCUT2D eigenvalue weighted by molar-refractivity contribution is -0.144. The number of aromatic carboxylic acids is 1. The number of carbonyl (C=O) groups excluding carboxylic acids is 8. The van der Waals surface area contributed by atoms with Gasteiger partial charge >= 0.3 is 81.2 Å². The van der Waals surface area contributed by atoms with E-state index in [2.05, 4.69) is 111 Å². The Morgan fingerprint density at radius 1 is 0.412 bits per heavy atom. The first-order valence-corrected chi connectivity index (χ1v) is 44.5. The summed E-state index contributed by atoms with van der Waals surface area (Å²) in [6, 6.07) is 21.3. The van der Waals surface area contributed by atoms with Gasteiger partial charge in [-0.1, -0.05) is 70.3 Å². The number of hydrogen-bond donors (Lipinski definition) is 18. The molecule has 0 saturated heterocycles. The molecule has 7 aromatic carbocycles. The van der Waals surface area contributed by atoms with Gasteiger partial charge in [-0.15, -0.1) is 0 Å². The van der Waals surface area contributed by atoms with E-state index in [1.807, 2.05) is 83.1 Å². The maximum atomic E-state index is 11.8. The summed E-state index contributed by atoms with van der Waals surface area (Å²) < 4.78 is 48.6. The Bertz CT molecular complexity index is 5080. The molecule has 714 valence electrons. The predicted molar refractivity (Wildman–Crippen MR) is 524 cm³/mol. The Labute approximate surface area is 801 Å². The Morgan fingerprint density at radius 3 is 0.962 bits per heavy atom. The lowest BCUT2D eigenvalue weighted by Gasteiger charge is -2.20. The number of hydrogen-bond acceptors (Lipinski definition) is 29. The number of aromatic hydroxyl groups is 1. The van der Waals surface area contributed by atoms with Crippen LogP contribution in [0.5, 0.6) is 11.5 Å². The smallest absolute Gasteiger partial charge is 0.407 e. The van der Waals surface area contributed by atoms with Crippen molar-refractivity contribution in [3.05, 3.63) is 243 Å². The number of carboxylic acid groups (broad SMARTS) is 2. The number of esters is 4. The largest absolute Gasteiger partial charge is 0.508 e. The molecule has 35 nitrogen and oxygen atoms in total. The first-order valence-electron chi connectivity index (χ1n) is 39.5. The number of benzene rings is 7. The molecule has 1 unspecified atom stereocenters. The summed E-state index contributed by atoms with van der Waals surface area (Å²) in [4.78, 5) is 111. The Hall–Kier alpha value is -10.2. The van der Waals surface area contributed by atoms with Gasteiger partial charge in [-0.3, -0.25) is 33.6 Å². The number of rotatable bonds is 28. The van der Waals surface area contributed by atoms with Gasteiger partial charge in [0.15, 0.2) is 0 Å². The number of carboxylic acids is 2. The fourth-order valence-electron chi connectivity index (χ4n) is 11.7. The summed E-state index contributed by atoms with van der Waals surface area (Å²) in [7, 11) is -2.69. The van der Waals surface area contributed by atoms with Crippen molar-refractivity contribution in [3.8, 4) is 11.5 Å². The van der Waals surface area contributed by atoms with Crippen LogP contribution in [0.1, 0.15) is 146 Å². The number of halogens is 4. The minimum Gasteiger partial charge on any atom is -0.508 e. The van der Waals surface area contributed by atoms with Crippen molar-refractivity contribution in [3.63, 3.8) is 0 Å². The summed E-state index contributed by atoms with van der Waals surface area (Å²) in [6.45, 7) is 36.6. The van der Waals surface area contributed by atoms with Crippen LogP contribution in [0.15, 0.2) is 121 Å². The van der Waals surface area contributed by atoms with E-state index in [0.29, 0.717) is 45.7 Å². The van der Waals surface area contributed by atoms with Crippen LogP contribution in [0.25, 0.3) is 6.08 Å². The zero-order valence-corrected chi connectivity index (χ0v) is 85.0. The first-order chi connectivity index (χ1) is 60.4. The fraction of sp³-hybridized carbons (Fsp3) is 0.349. The maximum Gasteiger partial charge on any atom is 0.407 e. The second kappa shape index (κ2) is 60.0. The van der Waals surface area contributed by atoms with Crippen molar-refractivity contribution in [2.45, 2.75) is 162 Å². The summed E-state index contributed by atoms with van der Waals surface area (Å²) in [5, 5.41) is 93.9. The van der Waals surface area contributed by atoms with Gasteiger partial charge < -0.3 is 118 Å². The van der Waals surface area contributed by atoms with Gasteiger partial charge in [0.1, 0.15) is 41.0 Å². The van der Waals surface area contributed by atoms with Crippen LogP contribution in [0.4, 0.5) is 0 Å². The van der Waals surface area contributed by atoms with Gasteiger partial charge in [0.05, 0.1) is 46.9 Å². The van der Waals surface area contributed by atoms with Crippen molar-refractivity contribution in [1.82, 2.24) is 26.1 Å². The minimum atomic E-state index is -3.44. The van der Waals surface area contributed by atoms with Crippen molar-refractivity contribution in [2.75, 3.05) is 41.3 Å². The molecule has 0 heterocycles. The molecule has 0 aliphatic heterocycles. The monoisotopic (exact) mass is 2100 g/mol. The van der Waals surface area contributed by atoms with Gasteiger partial charge in [0.25, 0.3) is 0 Å². The van der Waals surface area contributed by atoms with Gasteiger partial charge in [-0.2, -0.15) is 8.42 Å². The Kier molecular flexibility index (Phi) is 56.3. The van der Waals surface area contributed by atoms with Crippen molar-refractivity contribution in [2.24, 2.45) is 22.9 Å². The lowest BCUT2D eigenvalue weighted by Crippen LogP contribution is -2.47. The van der Waals surface area contributed by atoms with Crippen LogP contribution in [-0.4, -0.2) is 208 Å². The third kappa shape index (κ3) is 46.6. The molecule has 131 heavy (non-hydrogen) atoms. The van der Waals surface area contributed by atoms with Crippen LogP contribution in [0.3, 0.4) is 0 Å². The molecular formula is C86H120B5Br4N9O26S. The molecule has 3 atom stereocenters. The Morgan fingerprint density at radius 2 is 0.687 bits per heavy atom. The van der Waals surface area contributed by atoms with Crippen LogP contribution in [0, 0.1) is 96.9 Å². The van der Waals surface area contributed by atoms with Gasteiger partial charge in [-0.05, 0) is 329 Å². The highest BCUT2D eigenvalue weighted by Gasteiger charge is 2.27. The normalized spacial score (nSPS) is 11.0. The summed E-state index contributed by atoms with van der Waals surface area (Å²) in [5.74, 6) is -5.32. The molecule has 0 bridgehead atoms. The highest BCUT2D eigenvalue weighted by Crippen LogP contribution is 2.30. The molecule has 4 amide bonds. The van der Waals surface area contributed by atoms with E-state index in [9.17, 15) is 71.4 Å². The molecule has 0 radical (unpaired) electrons. The number of aliphatic hydroxyl groups is 1.